The highest BCUT2D eigenvalue weighted by atomic mass is 16.5. The standard InChI is InChI=1S/C23H30N2O.C2H2O4/c1-3-9-22(10-4-1)26-23-11-7-8-20(18-23)19-24-16-12-21(13-17-24)25-14-5-2-6-15-25;3-1(4)2(5)6/h1,3-4,7-11,18,21H,2,5-6,12-17,19H2;(H,3,4)(H,5,6). The molecule has 2 aromatic rings. The third-order valence-electron chi connectivity index (χ3n) is 5.93. The van der Waals surface area contributed by atoms with E-state index in [-0.39, 0.29) is 0 Å². The Morgan fingerprint density at radius 1 is 0.812 bits per heavy atom. The average Bonchev–Trinajstić information content (AvgIpc) is 2.81. The lowest BCUT2D eigenvalue weighted by Crippen LogP contribution is -2.46. The Morgan fingerprint density at radius 2 is 1.44 bits per heavy atom. The maximum atomic E-state index is 9.10. The normalized spacial score (nSPS) is 17.8. The number of likely N-dealkylation sites (tertiary alicyclic amines) is 2. The summed E-state index contributed by atoms with van der Waals surface area (Å²) in [6, 6.07) is 19.4. The van der Waals surface area contributed by atoms with Crippen LogP contribution in [0.2, 0.25) is 0 Å². The van der Waals surface area contributed by atoms with Gasteiger partial charge in [0.25, 0.3) is 0 Å². The average molecular weight is 441 g/mol. The van der Waals surface area contributed by atoms with Crippen molar-refractivity contribution in [3.05, 3.63) is 60.2 Å². The third kappa shape index (κ3) is 7.66. The number of rotatable bonds is 5. The van der Waals surface area contributed by atoms with Crippen LogP contribution in [-0.2, 0) is 16.1 Å². The molecule has 2 saturated heterocycles. The Bertz CT molecular complexity index is 848. The van der Waals surface area contributed by atoms with Gasteiger partial charge in [-0.2, -0.15) is 0 Å². The van der Waals surface area contributed by atoms with Gasteiger partial charge in [-0.1, -0.05) is 36.8 Å². The second kappa shape index (κ2) is 12.2. The van der Waals surface area contributed by atoms with Gasteiger partial charge >= 0.3 is 11.9 Å². The van der Waals surface area contributed by atoms with Crippen molar-refractivity contribution in [1.29, 1.82) is 0 Å². The van der Waals surface area contributed by atoms with Gasteiger partial charge in [-0.3, -0.25) is 4.90 Å². The molecule has 0 amide bonds. The SMILES string of the molecule is O=C(O)C(=O)O.c1ccc(Oc2cccc(CN3CCC(N4CCCCC4)CC3)c2)cc1. The van der Waals surface area contributed by atoms with E-state index in [1.165, 1.54) is 63.8 Å². The number of para-hydroxylation sites is 1. The van der Waals surface area contributed by atoms with Crippen LogP contribution in [0, 0.1) is 0 Å². The highest BCUT2D eigenvalue weighted by molar-refractivity contribution is 6.27. The Kier molecular flexibility index (Phi) is 9.07. The predicted molar refractivity (Wildman–Crippen MR) is 122 cm³/mol. The van der Waals surface area contributed by atoms with E-state index in [1.807, 2.05) is 36.4 Å². The number of nitrogens with zero attached hydrogens (tertiary/aromatic N) is 2. The van der Waals surface area contributed by atoms with E-state index in [1.54, 1.807) is 0 Å². The summed E-state index contributed by atoms with van der Waals surface area (Å²) in [5.74, 6) is -1.83. The quantitative estimate of drug-likeness (QED) is 0.677. The van der Waals surface area contributed by atoms with Crippen molar-refractivity contribution >= 4 is 11.9 Å². The van der Waals surface area contributed by atoms with Crippen LogP contribution in [0.1, 0.15) is 37.7 Å². The highest BCUT2D eigenvalue weighted by Gasteiger charge is 2.25. The third-order valence-corrected chi connectivity index (χ3v) is 5.93. The van der Waals surface area contributed by atoms with Gasteiger partial charge in [-0.25, -0.2) is 9.59 Å². The molecule has 172 valence electrons. The van der Waals surface area contributed by atoms with E-state index in [9.17, 15) is 0 Å². The minimum absolute atomic E-state index is 0.819. The summed E-state index contributed by atoms with van der Waals surface area (Å²) in [7, 11) is 0. The van der Waals surface area contributed by atoms with Crippen molar-refractivity contribution in [2.75, 3.05) is 26.2 Å². The zero-order chi connectivity index (χ0) is 22.8. The van der Waals surface area contributed by atoms with Crippen molar-refractivity contribution < 1.29 is 24.5 Å². The summed E-state index contributed by atoms with van der Waals surface area (Å²) in [5.41, 5.74) is 1.34. The van der Waals surface area contributed by atoms with Gasteiger partial charge in [-0.15, -0.1) is 0 Å². The van der Waals surface area contributed by atoms with E-state index in [2.05, 4.69) is 28.0 Å². The van der Waals surface area contributed by atoms with Crippen LogP contribution in [0.15, 0.2) is 54.6 Å². The fraction of sp³-hybridized carbons (Fsp3) is 0.440. The Morgan fingerprint density at radius 3 is 2.06 bits per heavy atom. The summed E-state index contributed by atoms with van der Waals surface area (Å²) in [4.78, 5) is 23.5. The number of ether oxygens (including phenoxy) is 1. The zero-order valence-electron chi connectivity index (χ0n) is 18.4. The van der Waals surface area contributed by atoms with Gasteiger partial charge in [0.05, 0.1) is 0 Å². The van der Waals surface area contributed by atoms with Crippen LogP contribution < -0.4 is 4.74 Å². The monoisotopic (exact) mass is 440 g/mol. The smallest absolute Gasteiger partial charge is 0.414 e. The van der Waals surface area contributed by atoms with E-state index < -0.39 is 11.9 Å². The predicted octanol–water partition coefficient (Wildman–Crippen LogP) is 4.08. The molecule has 7 nitrogen and oxygen atoms in total. The number of carbonyl (C=O) groups is 2. The van der Waals surface area contributed by atoms with Crippen LogP contribution in [0.5, 0.6) is 11.5 Å². The molecule has 0 aromatic heterocycles. The van der Waals surface area contributed by atoms with Crippen LogP contribution >= 0.6 is 0 Å². The molecule has 32 heavy (non-hydrogen) atoms. The lowest BCUT2D eigenvalue weighted by atomic mass is 9.99. The van der Waals surface area contributed by atoms with E-state index in [0.29, 0.717) is 0 Å². The molecule has 0 radical (unpaired) electrons. The van der Waals surface area contributed by atoms with E-state index in [0.717, 1.165) is 24.1 Å². The summed E-state index contributed by atoms with van der Waals surface area (Å²) in [6.07, 6.45) is 6.86. The number of hydrogen-bond acceptors (Lipinski definition) is 5. The van der Waals surface area contributed by atoms with Gasteiger partial charge in [-0.05, 0) is 81.7 Å². The van der Waals surface area contributed by atoms with Crippen LogP contribution in [-0.4, -0.2) is 64.2 Å². The van der Waals surface area contributed by atoms with Crippen molar-refractivity contribution in [1.82, 2.24) is 9.80 Å². The number of carboxylic acid groups (broad SMARTS) is 2. The lowest BCUT2D eigenvalue weighted by molar-refractivity contribution is -0.159. The first-order chi connectivity index (χ1) is 15.5. The fourth-order valence-electron chi connectivity index (χ4n) is 4.32. The van der Waals surface area contributed by atoms with Crippen LogP contribution in [0.25, 0.3) is 0 Å². The molecule has 4 rings (SSSR count). The Labute approximate surface area is 189 Å². The first kappa shape index (κ1) is 23.8. The van der Waals surface area contributed by atoms with Gasteiger partial charge in [0.2, 0.25) is 0 Å². The highest BCUT2D eigenvalue weighted by Crippen LogP contribution is 2.25. The summed E-state index contributed by atoms with van der Waals surface area (Å²) >= 11 is 0. The minimum atomic E-state index is -1.82. The molecule has 2 aliphatic heterocycles. The van der Waals surface area contributed by atoms with Crippen molar-refractivity contribution in [3.63, 3.8) is 0 Å². The van der Waals surface area contributed by atoms with Gasteiger partial charge in [0.15, 0.2) is 0 Å². The number of piperidine rings is 2. The maximum absolute atomic E-state index is 9.10. The molecule has 2 N–H and O–H groups in total. The van der Waals surface area contributed by atoms with Gasteiger partial charge in [0.1, 0.15) is 11.5 Å². The maximum Gasteiger partial charge on any atom is 0.414 e. The number of carboxylic acids is 2. The van der Waals surface area contributed by atoms with Crippen LogP contribution in [0.3, 0.4) is 0 Å². The molecular formula is C25H32N2O5. The molecule has 2 aliphatic rings. The molecule has 0 unspecified atom stereocenters. The summed E-state index contributed by atoms with van der Waals surface area (Å²) in [5, 5.41) is 14.8. The number of aliphatic carboxylic acids is 2. The van der Waals surface area contributed by atoms with Crippen LogP contribution in [0.4, 0.5) is 0 Å². The first-order valence-electron chi connectivity index (χ1n) is 11.3. The Hall–Kier alpha value is -2.90. The summed E-state index contributed by atoms with van der Waals surface area (Å²) < 4.78 is 5.98. The lowest BCUT2D eigenvalue weighted by Gasteiger charge is -2.40. The van der Waals surface area contributed by atoms with E-state index in [4.69, 9.17) is 24.5 Å². The Balaban J connectivity index is 0.000000427. The molecule has 2 aromatic carbocycles. The molecule has 2 heterocycles. The van der Waals surface area contributed by atoms with Gasteiger partial charge < -0.3 is 19.8 Å². The topological polar surface area (TPSA) is 90.3 Å². The second-order valence-corrected chi connectivity index (χ2v) is 8.28. The second-order valence-electron chi connectivity index (χ2n) is 8.28. The molecular weight excluding hydrogens is 408 g/mol. The van der Waals surface area contributed by atoms with Crippen molar-refractivity contribution in [3.8, 4) is 11.5 Å². The molecule has 2 fully saturated rings. The molecule has 0 aliphatic carbocycles. The number of benzene rings is 2. The molecule has 0 atom stereocenters. The fourth-order valence-corrected chi connectivity index (χ4v) is 4.32. The van der Waals surface area contributed by atoms with E-state index >= 15 is 0 Å². The molecule has 7 heteroatoms. The van der Waals surface area contributed by atoms with Crippen molar-refractivity contribution in [2.45, 2.75) is 44.7 Å². The summed E-state index contributed by atoms with van der Waals surface area (Å²) in [6.45, 7) is 6.10. The molecule has 0 bridgehead atoms. The van der Waals surface area contributed by atoms with Crippen molar-refractivity contribution in [2.24, 2.45) is 0 Å². The molecule has 0 saturated carbocycles. The molecule has 0 spiro atoms. The zero-order valence-corrected chi connectivity index (χ0v) is 18.4. The number of hydrogen-bond donors (Lipinski definition) is 2. The minimum Gasteiger partial charge on any atom is -0.473 e. The largest absolute Gasteiger partial charge is 0.473 e. The first-order valence-corrected chi connectivity index (χ1v) is 11.3. The van der Waals surface area contributed by atoms with Gasteiger partial charge in [0, 0.05) is 12.6 Å².